The molecule has 0 amide bonds. The Hall–Kier alpha value is -1.21. The van der Waals surface area contributed by atoms with E-state index in [4.69, 9.17) is 4.74 Å². The van der Waals surface area contributed by atoms with Crippen molar-refractivity contribution >= 4 is 11.8 Å². The van der Waals surface area contributed by atoms with Gasteiger partial charge in [0.15, 0.2) is 0 Å². The molecule has 6 heteroatoms. The van der Waals surface area contributed by atoms with Crippen molar-refractivity contribution in [2.75, 3.05) is 13.1 Å². The lowest BCUT2D eigenvalue weighted by Crippen LogP contribution is -2.54. The summed E-state index contributed by atoms with van der Waals surface area (Å²) in [7, 11) is 0. The van der Waals surface area contributed by atoms with Crippen LogP contribution in [-0.4, -0.2) is 68.2 Å². The molecule has 188 valence electrons. The van der Waals surface area contributed by atoms with Crippen LogP contribution >= 0.6 is 11.8 Å². The Morgan fingerprint density at radius 1 is 1.21 bits per heavy atom. The second-order valence-electron chi connectivity index (χ2n) is 11.1. The fourth-order valence-electron chi connectivity index (χ4n) is 6.39. The molecule has 2 heterocycles. The predicted octanol–water partition coefficient (Wildman–Crippen LogP) is 5.15. The normalized spacial score (nSPS) is 40.3. The molecule has 0 aromatic rings. The van der Waals surface area contributed by atoms with Crippen LogP contribution in [0.4, 0.5) is 0 Å². The fourth-order valence-corrected chi connectivity index (χ4v) is 8.33. The molecule has 5 aliphatic rings. The molecule has 1 saturated carbocycles. The number of hydrogen-bond donors (Lipinski definition) is 3. The molecule has 5 nitrogen and oxygen atoms in total. The number of aliphatic hydroxyl groups is 3. The van der Waals surface area contributed by atoms with E-state index in [1.54, 1.807) is 13.0 Å². The number of hydrogen-bond acceptors (Lipinski definition) is 6. The number of aliphatic hydroxyl groups excluding tert-OH is 3. The van der Waals surface area contributed by atoms with Gasteiger partial charge in [0, 0.05) is 41.5 Å². The highest BCUT2D eigenvalue weighted by molar-refractivity contribution is 8.00. The Morgan fingerprint density at radius 3 is 2.62 bits per heavy atom. The highest BCUT2D eigenvalue weighted by atomic mass is 32.2. The van der Waals surface area contributed by atoms with Gasteiger partial charge in [0.2, 0.25) is 0 Å². The van der Waals surface area contributed by atoms with E-state index >= 15 is 0 Å². The summed E-state index contributed by atoms with van der Waals surface area (Å²) >= 11 is 1.97. The fraction of sp³-hybridized carbons (Fsp3) is 0.714. The van der Waals surface area contributed by atoms with Crippen LogP contribution in [-0.2, 0) is 4.74 Å². The summed E-state index contributed by atoms with van der Waals surface area (Å²) < 4.78 is 6.33. The number of rotatable bonds is 8. The van der Waals surface area contributed by atoms with E-state index in [-0.39, 0.29) is 17.9 Å². The lowest BCUT2D eigenvalue weighted by atomic mass is 9.71. The van der Waals surface area contributed by atoms with Gasteiger partial charge in [0.1, 0.15) is 5.76 Å². The number of allylic oxidation sites excluding steroid dienone is 5. The van der Waals surface area contributed by atoms with Gasteiger partial charge in [-0.2, -0.15) is 11.8 Å². The van der Waals surface area contributed by atoms with Crippen LogP contribution in [0, 0.1) is 23.7 Å². The molecular weight excluding hydrogens is 446 g/mol. The highest BCUT2D eigenvalue weighted by Crippen LogP contribution is 2.52. The minimum Gasteiger partial charge on any atom is -0.513 e. The van der Waals surface area contributed by atoms with Crippen LogP contribution in [0.3, 0.4) is 0 Å². The largest absolute Gasteiger partial charge is 0.513 e. The van der Waals surface area contributed by atoms with Crippen molar-refractivity contribution in [3.63, 3.8) is 0 Å². The van der Waals surface area contributed by atoms with Crippen LogP contribution in [0.2, 0.25) is 0 Å². The van der Waals surface area contributed by atoms with E-state index in [1.807, 2.05) is 23.9 Å². The average Bonchev–Trinajstić information content (AvgIpc) is 3.57. The molecule has 3 aliphatic carbocycles. The van der Waals surface area contributed by atoms with Crippen LogP contribution in [0.15, 0.2) is 48.0 Å². The van der Waals surface area contributed by atoms with Gasteiger partial charge in [0.25, 0.3) is 0 Å². The maximum atomic E-state index is 11.7. The topological polar surface area (TPSA) is 73.2 Å². The number of thioether (sulfide) groups is 1. The summed E-state index contributed by atoms with van der Waals surface area (Å²) in [5.74, 6) is 1.60. The maximum absolute atomic E-state index is 11.7. The van der Waals surface area contributed by atoms with E-state index in [0.717, 1.165) is 44.8 Å². The molecule has 2 aliphatic heterocycles. The Morgan fingerprint density at radius 2 is 2.00 bits per heavy atom. The van der Waals surface area contributed by atoms with Crippen LogP contribution in [0.1, 0.15) is 52.4 Å². The molecule has 3 fully saturated rings. The Kier molecular flexibility index (Phi) is 7.50. The van der Waals surface area contributed by atoms with Crippen LogP contribution in [0.25, 0.3) is 0 Å². The number of nitrogens with zero attached hydrogens (tertiary/aromatic N) is 1. The van der Waals surface area contributed by atoms with Crippen molar-refractivity contribution in [1.29, 1.82) is 0 Å². The molecule has 0 spiro atoms. The van der Waals surface area contributed by atoms with Crippen molar-refractivity contribution in [2.24, 2.45) is 23.7 Å². The summed E-state index contributed by atoms with van der Waals surface area (Å²) in [6.07, 6.45) is 18.5. The second-order valence-corrected chi connectivity index (χ2v) is 12.7. The zero-order valence-corrected chi connectivity index (χ0v) is 21.3. The first kappa shape index (κ1) is 24.5. The van der Waals surface area contributed by atoms with Gasteiger partial charge in [-0.05, 0) is 75.5 Å². The number of ether oxygens (including phenoxy) is 1. The Labute approximate surface area is 208 Å². The zero-order chi connectivity index (χ0) is 23.8. The van der Waals surface area contributed by atoms with E-state index in [1.165, 1.54) is 12.8 Å². The van der Waals surface area contributed by atoms with Gasteiger partial charge >= 0.3 is 0 Å². The summed E-state index contributed by atoms with van der Waals surface area (Å²) in [5, 5.41) is 32.1. The molecule has 5 unspecified atom stereocenters. The van der Waals surface area contributed by atoms with Crippen molar-refractivity contribution in [3.8, 4) is 0 Å². The van der Waals surface area contributed by atoms with Gasteiger partial charge in [0.05, 0.1) is 24.1 Å². The van der Waals surface area contributed by atoms with Crippen molar-refractivity contribution in [2.45, 2.75) is 87.2 Å². The SMILES string of the molecule is C/C(O)=C\CC1C(C)SC([C@H]2C=CC(O)=CC2)[C@@H]1[C@@H](O)C1C=CC(OC2CN(C3CC3)C2)CC1. The molecule has 0 aromatic heterocycles. The van der Waals surface area contributed by atoms with Gasteiger partial charge < -0.3 is 20.1 Å². The predicted molar refractivity (Wildman–Crippen MR) is 138 cm³/mol. The number of likely N-dealkylation sites (tertiary alicyclic amines) is 1. The lowest BCUT2D eigenvalue weighted by Gasteiger charge is -2.42. The average molecular weight is 488 g/mol. The Bertz CT molecular complexity index is 839. The van der Waals surface area contributed by atoms with Gasteiger partial charge in [-0.25, -0.2) is 0 Å². The minimum absolute atomic E-state index is 0.140. The van der Waals surface area contributed by atoms with Gasteiger partial charge in [-0.3, -0.25) is 4.90 Å². The third-order valence-electron chi connectivity index (χ3n) is 8.57. The first-order chi connectivity index (χ1) is 16.4. The molecule has 0 radical (unpaired) electrons. The molecule has 8 atom stereocenters. The molecule has 3 N–H and O–H groups in total. The summed E-state index contributed by atoms with van der Waals surface area (Å²) in [4.78, 5) is 2.54. The van der Waals surface area contributed by atoms with Crippen molar-refractivity contribution < 1.29 is 20.1 Å². The first-order valence-electron chi connectivity index (χ1n) is 13.2. The zero-order valence-electron chi connectivity index (χ0n) is 20.5. The van der Waals surface area contributed by atoms with Crippen LogP contribution < -0.4 is 0 Å². The summed E-state index contributed by atoms with van der Waals surface area (Å²) in [5.41, 5.74) is 0. The molecule has 5 rings (SSSR count). The van der Waals surface area contributed by atoms with E-state index in [9.17, 15) is 15.3 Å². The van der Waals surface area contributed by atoms with Crippen molar-refractivity contribution in [3.05, 3.63) is 48.0 Å². The monoisotopic (exact) mass is 487 g/mol. The van der Waals surface area contributed by atoms with Crippen LogP contribution in [0.5, 0.6) is 0 Å². The molecule has 2 saturated heterocycles. The summed E-state index contributed by atoms with van der Waals surface area (Å²) in [6, 6.07) is 0.830. The third-order valence-corrected chi connectivity index (χ3v) is 10.3. The minimum atomic E-state index is -0.418. The van der Waals surface area contributed by atoms with Crippen molar-refractivity contribution in [1.82, 2.24) is 4.90 Å². The summed E-state index contributed by atoms with van der Waals surface area (Å²) in [6.45, 7) is 6.15. The first-order valence-corrected chi connectivity index (χ1v) is 14.2. The molecule has 34 heavy (non-hydrogen) atoms. The molecule has 0 bridgehead atoms. The maximum Gasteiger partial charge on any atom is 0.111 e. The standard InChI is InChI=1S/C28H41NO4S/c1-17(30)3-14-25-18(2)34-28(20-4-10-22(31)11-5-20)26(25)27(32)19-6-12-23(13-7-19)33-24-15-29(16-24)21-8-9-21/h3-4,6,10-12,18-21,23-28,30-32H,5,7-9,13-16H2,1-2H3/b17-3+/t18?,19?,20-,23?,25?,26-,27-,28?/m0/s1. The van der Waals surface area contributed by atoms with E-state index in [2.05, 4.69) is 30.1 Å². The molecule has 0 aromatic carbocycles. The lowest BCUT2D eigenvalue weighted by molar-refractivity contribution is -0.0867. The third kappa shape index (κ3) is 5.45. The van der Waals surface area contributed by atoms with Gasteiger partial charge in [-0.15, -0.1) is 0 Å². The smallest absolute Gasteiger partial charge is 0.111 e. The van der Waals surface area contributed by atoms with Gasteiger partial charge in [-0.1, -0.05) is 25.2 Å². The van der Waals surface area contributed by atoms with E-state index in [0.29, 0.717) is 40.0 Å². The molecular formula is C28H41NO4S. The van der Waals surface area contributed by atoms with E-state index < -0.39 is 6.10 Å². The second kappa shape index (κ2) is 10.4. The highest BCUT2D eigenvalue weighted by Gasteiger charge is 2.49. The Balaban J connectivity index is 1.24. The quantitative estimate of drug-likeness (QED) is 0.325.